The van der Waals surface area contributed by atoms with Gasteiger partial charge in [0, 0.05) is 23.8 Å². The quantitative estimate of drug-likeness (QED) is 0.500. The van der Waals surface area contributed by atoms with Crippen LogP contribution in [0.3, 0.4) is 0 Å². The molecule has 0 aliphatic heterocycles. The van der Waals surface area contributed by atoms with E-state index in [0.717, 1.165) is 12.1 Å². The smallest absolute Gasteiger partial charge is 0.331 e. The number of carboxylic acid groups (broad SMARTS) is 1. The second-order valence-corrected chi connectivity index (χ2v) is 3.95. The van der Waals surface area contributed by atoms with Gasteiger partial charge in [-0.1, -0.05) is 11.6 Å². The van der Waals surface area contributed by atoms with E-state index in [2.05, 4.69) is 5.32 Å². The van der Waals surface area contributed by atoms with Gasteiger partial charge in [0.1, 0.15) is 0 Å². The minimum absolute atomic E-state index is 0.0103. The summed E-state index contributed by atoms with van der Waals surface area (Å²) in [4.78, 5) is 31.9. The number of hydrogen-bond donors (Lipinski definition) is 2. The van der Waals surface area contributed by atoms with E-state index in [1.54, 1.807) is 0 Å². The molecule has 0 bridgehead atoms. The van der Waals surface area contributed by atoms with Crippen molar-refractivity contribution < 1.29 is 19.6 Å². The van der Waals surface area contributed by atoms with Gasteiger partial charge in [0.25, 0.3) is 5.69 Å². The van der Waals surface area contributed by atoms with Gasteiger partial charge in [0.15, 0.2) is 0 Å². The third kappa shape index (κ3) is 4.07. The summed E-state index contributed by atoms with van der Waals surface area (Å²) in [6.07, 6.45) is 0.889. The zero-order valence-electron chi connectivity index (χ0n) is 9.71. The molecule has 0 aliphatic rings. The summed E-state index contributed by atoms with van der Waals surface area (Å²) >= 11 is 5.76. The minimum atomic E-state index is -1.22. The summed E-state index contributed by atoms with van der Waals surface area (Å²) in [6.45, 7) is 1.26. The van der Waals surface area contributed by atoms with Crippen molar-refractivity contribution in [2.75, 3.05) is 5.32 Å². The van der Waals surface area contributed by atoms with Crippen molar-refractivity contribution in [1.82, 2.24) is 0 Å². The number of rotatable bonds is 4. The molecule has 7 nitrogen and oxygen atoms in total. The van der Waals surface area contributed by atoms with Crippen LogP contribution in [0.2, 0.25) is 5.02 Å². The van der Waals surface area contributed by atoms with Crippen LogP contribution in [-0.2, 0) is 9.59 Å². The molecule has 1 aromatic carbocycles. The summed E-state index contributed by atoms with van der Waals surface area (Å²) in [5.74, 6) is -1.90. The number of non-ortho nitro benzene ring substituents is 1. The Kier molecular flexibility index (Phi) is 4.60. The van der Waals surface area contributed by atoms with Gasteiger partial charge in [-0.15, -0.1) is 0 Å². The second-order valence-electron chi connectivity index (χ2n) is 3.54. The summed E-state index contributed by atoms with van der Waals surface area (Å²) in [5.41, 5.74) is -0.192. The molecular weight excluding hydrogens is 276 g/mol. The summed E-state index contributed by atoms with van der Waals surface area (Å²) in [5, 5.41) is 21.4. The van der Waals surface area contributed by atoms with Crippen molar-refractivity contribution >= 4 is 34.9 Å². The monoisotopic (exact) mass is 284 g/mol. The lowest BCUT2D eigenvalue weighted by Crippen LogP contribution is -2.11. The highest BCUT2D eigenvalue weighted by atomic mass is 35.5. The van der Waals surface area contributed by atoms with Crippen LogP contribution in [0.4, 0.5) is 11.4 Å². The Morgan fingerprint density at radius 1 is 1.47 bits per heavy atom. The number of halogens is 1. The van der Waals surface area contributed by atoms with Crippen molar-refractivity contribution in [2.45, 2.75) is 6.92 Å². The van der Waals surface area contributed by atoms with E-state index >= 15 is 0 Å². The third-order valence-corrected chi connectivity index (χ3v) is 2.42. The summed E-state index contributed by atoms with van der Waals surface area (Å²) in [7, 11) is 0. The SMILES string of the molecule is C/C(=C\C(=O)Nc1ccc([N+](=O)[O-])cc1Cl)C(=O)O. The number of carboxylic acids is 1. The Hall–Kier alpha value is -2.41. The molecule has 0 unspecified atom stereocenters. The second kappa shape index (κ2) is 5.96. The first-order valence-electron chi connectivity index (χ1n) is 4.97. The molecule has 100 valence electrons. The lowest BCUT2D eigenvalue weighted by atomic mass is 10.2. The van der Waals surface area contributed by atoms with Crippen LogP contribution in [0.1, 0.15) is 6.92 Å². The summed E-state index contributed by atoms with van der Waals surface area (Å²) in [6, 6.07) is 3.53. The van der Waals surface area contributed by atoms with Crippen molar-refractivity contribution in [3.05, 3.63) is 45.0 Å². The number of benzene rings is 1. The van der Waals surface area contributed by atoms with E-state index in [0.29, 0.717) is 0 Å². The van der Waals surface area contributed by atoms with Crippen molar-refractivity contribution in [1.29, 1.82) is 0 Å². The molecule has 1 aromatic rings. The number of nitrogens with one attached hydrogen (secondary N) is 1. The number of amides is 1. The average Bonchev–Trinajstić information content (AvgIpc) is 2.31. The van der Waals surface area contributed by atoms with Crippen LogP contribution in [0, 0.1) is 10.1 Å². The van der Waals surface area contributed by atoms with Crippen LogP contribution in [0.5, 0.6) is 0 Å². The number of nitro groups is 1. The predicted octanol–water partition coefficient (Wildman–Crippen LogP) is 2.22. The average molecular weight is 285 g/mol. The van der Waals surface area contributed by atoms with Crippen molar-refractivity contribution in [2.24, 2.45) is 0 Å². The molecule has 0 saturated heterocycles. The normalized spacial score (nSPS) is 10.9. The number of carbonyl (C=O) groups excluding carboxylic acids is 1. The first-order chi connectivity index (χ1) is 8.81. The van der Waals surface area contributed by atoms with E-state index in [4.69, 9.17) is 16.7 Å². The lowest BCUT2D eigenvalue weighted by Gasteiger charge is -2.04. The topological polar surface area (TPSA) is 110 Å². The van der Waals surface area contributed by atoms with Crippen molar-refractivity contribution in [3.63, 3.8) is 0 Å². The molecule has 1 rings (SSSR count). The van der Waals surface area contributed by atoms with Crippen LogP contribution in [0.15, 0.2) is 29.8 Å². The van der Waals surface area contributed by atoms with E-state index in [-0.39, 0.29) is 22.0 Å². The number of aliphatic carboxylic acids is 1. The Balaban J connectivity index is 2.89. The summed E-state index contributed by atoms with van der Waals surface area (Å²) < 4.78 is 0. The molecule has 0 heterocycles. The van der Waals surface area contributed by atoms with Crippen LogP contribution >= 0.6 is 11.6 Å². The zero-order valence-corrected chi connectivity index (χ0v) is 10.5. The van der Waals surface area contributed by atoms with E-state index in [9.17, 15) is 19.7 Å². The van der Waals surface area contributed by atoms with Crippen LogP contribution in [0.25, 0.3) is 0 Å². The number of nitrogens with zero attached hydrogens (tertiary/aromatic N) is 1. The molecule has 19 heavy (non-hydrogen) atoms. The maximum absolute atomic E-state index is 11.5. The highest BCUT2D eigenvalue weighted by molar-refractivity contribution is 6.34. The van der Waals surface area contributed by atoms with Gasteiger partial charge < -0.3 is 10.4 Å². The van der Waals surface area contributed by atoms with Gasteiger partial charge >= 0.3 is 5.97 Å². The number of anilines is 1. The first kappa shape index (κ1) is 14.7. The van der Waals surface area contributed by atoms with E-state index < -0.39 is 16.8 Å². The molecule has 8 heteroatoms. The highest BCUT2D eigenvalue weighted by Gasteiger charge is 2.11. The fourth-order valence-electron chi connectivity index (χ4n) is 1.15. The predicted molar refractivity (Wildman–Crippen MR) is 68.1 cm³/mol. The van der Waals surface area contributed by atoms with Crippen LogP contribution in [-0.4, -0.2) is 21.9 Å². The molecular formula is C11H9ClN2O5. The molecule has 1 amide bonds. The zero-order chi connectivity index (χ0) is 14.6. The molecule has 0 spiro atoms. The Bertz CT molecular complexity index is 582. The third-order valence-electron chi connectivity index (χ3n) is 2.11. The van der Waals surface area contributed by atoms with Gasteiger partial charge in [-0.2, -0.15) is 0 Å². The van der Waals surface area contributed by atoms with Gasteiger partial charge in [0.2, 0.25) is 5.91 Å². The molecule has 0 fully saturated rings. The maximum atomic E-state index is 11.5. The molecule has 0 radical (unpaired) electrons. The molecule has 2 N–H and O–H groups in total. The largest absolute Gasteiger partial charge is 0.478 e. The van der Waals surface area contributed by atoms with Gasteiger partial charge in [-0.05, 0) is 13.0 Å². The Labute approximate surface area is 112 Å². The van der Waals surface area contributed by atoms with E-state index in [1.165, 1.54) is 19.1 Å². The Morgan fingerprint density at radius 2 is 2.11 bits per heavy atom. The first-order valence-corrected chi connectivity index (χ1v) is 5.35. The fourth-order valence-corrected chi connectivity index (χ4v) is 1.37. The van der Waals surface area contributed by atoms with Crippen LogP contribution < -0.4 is 5.32 Å². The fraction of sp³-hybridized carbons (Fsp3) is 0.0909. The van der Waals surface area contributed by atoms with Gasteiger partial charge in [-0.3, -0.25) is 14.9 Å². The Morgan fingerprint density at radius 3 is 2.58 bits per heavy atom. The van der Waals surface area contributed by atoms with E-state index in [1.807, 2.05) is 0 Å². The maximum Gasteiger partial charge on any atom is 0.331 e. The molecule has 0 aromatic heterocycles. The number of carbonyl (C=O) groups is 2. The van der Waals surface area contributed by atoms with Gasteiger partial charge in [0.05, 0.1) is 15.6 Å². The molecule has 0 atom stereocenters. The standard InChI is InChI=1S/C11H9ClN2O5/c1-6(11(16)17)4-10(15)13-9-3-2-7(14(18)19)5-8(9)12/h2-5H,1H3,(H,13,15)(H,16,17)/b6-4+. The van der Waals surface area contributed by atoms with Crippen molar-refractivity contribution in [3.8, 4) is 0 Å². The molecule has 0 saturated carbocycles. The minimum Gasteiger partial charge on any atom is -0.478 e. The number of hydrogen-bond acceptors (Lipinski definition) is 4. The lowest BCUT2D eigenvalue weighted by molar-refractivity contribution is -0.384. The molecule has 0 aliphatic carbocycles. The highest BCUT2D eigenvalue weighted by Crippen LogP contribution is 2.26. The van der Waals surface area contributed by atoms with Gasteiger partial charge in [-0.25, -0.2) is 4.79 Å². The number of nitro benzene ring substituents is 1.